The van der Waals surface area contributed by atoms with Crippen molar-refractivity contribution in [3.63, 3.8) is 0 Å². The summed E-state index contributed by atoms with van der Waals surface area (Å²) in [4.78, 5) is 0. The van der Waals surface area contributed by atoms with E-state index >= 15 is 0 Å². The lowest BCUT2D eigenvalue weighted by molar-refractivity contribution is 0.342. The van der Waals surface area contributed by atoms with Crippen LogP contribution in [0.1, 0.15) is 52.9 Å². The monoisotopic (exact) mass is 212 g/mol. The van der Waals surface area contributed by atoms with Gasteiger partial charge in [-0.2, -0.15) is 0 Å². The Morgan fingerprint density at radius 2 is 2.07 bits per heavy atom. The number of hydrogen-bond acceptors (Lipinski definition) is 2. The minimum atomic E-state index is 0.666. The molecule has 0 aromatic heterocycles. The lowest BCUT2D eigenvalue weighted by Gasteiger charge is -2.26. The highest BCUT2D eigenvalue weighted by Crippen LogP contribution is 2.11. The number of piperidine rings is 1. The van der Waals surface area contributed by atoms with Crippen molar-refractivity contribution in [2.75, 3.05) is 13.1 Å². The summed E-state index contributed by atoms with van der Waals surface area (Å²) >= 11 is 0. The van der Waals surface area contributed by atoms with Crippen molar-refractivity contribution in [3.05, 3.63) is 0 Å². The Kier molecular flexibility index (Phi) is 6.26. The van der Waals surface area contributed by atoms with E-state index < -0.39 is 0 Å². The molecule has 1 fully saturated rings. The molecule has 2 atom stereocenters. The van der Waals surface area contributed by atoms with Crippen molar-refractivity contribution >= 4 is 0 Å². The molecule has 2 heteroatoms. The largest absolute Gasteiger partial charge is 0.314 e. The van der Waals surface area contributed by atoms with Crippen LogP contribution in [0, 0.1) is 5.92 Å². The maximum Gasteiger partial charge on any atom is 0.00817 e. The van der Waals surface area contributed by atoms with Crippen molar-refractivity contribution in [1.82, 2.24) is 10.6 Å². The quantitative estimate of drug-likeness (QED) is 0.707. The maximum absolute atomic E-state index is 3.62. The first kappa shape index (κ1) is 13.0. The zero-order valence-electron chi connectivity index (χ0n) is 10.7. The lowest BCUT2D eigenvalue weighted by Crippen LogP contribution is -2.40. The maximum atomic E-state index is 3.62. The van der Waals surface area contributed by atoms with Crippen LogP contribution in [-0.2, 0) is 0 Å². The smallest absolute Gasteiger partial charge is 0.00817 e. The van der Waals surface area contributed by atoms with E-state index in [1.807, 2.05) is 0 Å². The summed E-state index contributed by atoms with van der Waals surface area (Å²) in [5.41, 5.74) is 0. The van der Waals surface area contributed by atoms with Gasteiger partial charge in [0.15, 0.2) is 0 Å². The first-order chi connectivity index (χ1) is 7.18. The summed E-state index contributed by atoms with van der Waals surface area (Å²) < 4.78 is 0. The van der Waals surface area contributed by atoms with Crippen molar-refractivity contribution in [2.45, 2.75) is 65.0 Å². The second-order valence-electron chi connectivity index (χ2n) is 5.42. The minimum Gasteiger partial charge on any atom is -0.314 e. The minimum absolute atomic E-state index is 0.666. The molecule has 0 spiro atoms. The first-order valence-corrected chi connectivity index (χ1v) is 6.65. The molecule has 1 rings (SSSR count). The van der Waals surface area contributed by atoms with Crippen LogP contribution in [0.15, 0.2) is 0 Å². The number of hydrogen-bond donors (Lipinski definition) is 2. The number of rotatable bonds is 6. The Morgan fingerprint density at radius 3 is 2.67 bits per heavy atom. The molecule has 2 unspecified atom stereocenters. The molecule has 1 heterocycles. The van der Waals surface area contributed by atoms with Gasteiger partial charge in [-0.25, -0.2) is 0 Å². The normalized spacial score (nSPS) is 24.4. The molecular weight excluding hydrogens is 184 g/mol. The predicted octanol–water partition coefficient (Wildman–Crippen LogP) is 2.54. The molecule has 0 radical (unpaired) electrons. The molecule has 0 aromatic rings. The van der Waals surface area contributed by atoms with Crippen molar-refractivity contribution < 1.29 is 0 Å². The Bertz CT molecular complexity index is 151. The molecule has 1 aliphatic heterocycles. The fourth-order valence-electron chi connectivity index (χ4n) is 2.25. The molecule has 1 saturated heterocycles. The average molecular weight is 212 g/mol. The predicted molar refractivity (Wildman–Crippen MR) is 67.2 cm³/mol. The SMILES string of the molecule is CC(C)CCNC(C)CC1CCCCN1. The van der Waals surface area contributed by atoms with Crippen LogP contribution in [0.4, 0.5) is 0 Å². The van der Waals surface area contributed by atoms with Gasteiger partial charge < -0.3 is 10.6 Å². The van der Waals surface area contributed by atoms with Gasteiger partial charge in [-0.1, -0.05) is 20.3 Å². The summed E-state index contributed by atoms with van der Waals surface area (Å²) in [5, 5.41) is 7.23. The highest BCUT2D eigenvalue weighted by atomic mass is 15.0. The van der Waals surface area contributed by atoms with Crippen LogP contribution in [0.2, 0.25) is 0 Å². The van der Waals surface area contributed by atoms with E-state index in [4.69, 9.17) is 0 Å². The Labute approximate surface area is 95.2 Å². The third-order valence-corrected chi connectivity index (χ3v) is 3.26. The molecule has 0 aromatic carbocycles. The van der Waals surface area contributed by atoms with Crippen LogP contribution in [0.3, 0.4) is 0 Å². The van der Waals surface area contributed by atoms with Crippen LogP contribution in [0.25, 0.3) is 0 Å². The number of nitrogens with one attached hydrogen (secondary N) is 2. The van der Waals surface area contributed by atoms with Gasteiger partial charge in [0, 0.05) is 12.1 Å². The van der Waals surface area contributed by atoms with Gasteiger partial charge >= 0.3 is 0 Å². The molecule has 2 N–H and O–H groups in total. The van der Waals surface area contributed by atoms with Gasteiger partial charge in [0.25, 0.3) is 0 Å². The second-order valence-corrected chi connectivity index (χ2v) is 5.42. The summed E-state index contributed by atoms with van der Waals surface area (Å²) in [6.45, 7) is 9.29. The van der Waals surface area contributed by atoms with Crippen molar-refractivity contribution in [3.8, 4) is 0 Å². The Balaban J connectivity index is 2.03. The molecule has 15 heavy (non-hydrogen) atoms. The van der Waals surface area contributed by atoms with E-state index in [2.05, 4.69) is 31.4 Å². The summed E-state index contributed by atoms with van der Waals surface area (Å²) in [6.07, 6.45) is 6.73. The van der Waals surface area contributed by atoms with Gasteiger partial charge in [-0.05, 0) is 51.6 Å². The standard InChI is InChI=1S/C13H28N2/c1-11(2)7-9-14-12(3)10-13-6-4-5-8-15-13/h11-15H,4-10H2,1-3H3. The highest BCUT2D eigenvalue weighted by molar-refractivity contribution is 4.76. The van der Waals surface area contributed by atoms with E-state index in [1.54, 1.807) is 0 Å². The molecule has 2 nitrogen and oxygen atoms in total. The third kappa shape index (κ3) is 6.16. The zero-order valence-corrected chi connectivity index (χ0v) is 10.7. The zero-order chi connectivity index (χ0) is 11.1. The van der Waals surface area contributed by atoms with Crippen molar-refractivity contribution in [1.29, 1.82) is 0 Å². The molecule has 1 aliphatic rings. The fraction of sp³-hybridized carbons (Fsp3) is 1.00. The van der Waals surface area contributed by atoms with Crippen LogP contribution in [0.5, 0.6) is 0 Å². The molecule has 0 bridgehead atoms. The summed E-state index contributed by atoms with van der Waals surface area (Å²) in [5.74, 6) is 0.817. The van der Waals surface area contributed by atoms with E-state index in [9.17, 15) is 0 Å². The highest BCUT2D eigenvalue weighted by Gasteiger charge is 2.15. The second kappa shape index (κ2) is 7.24. The fourth-order valence-corrected chi connectivity index (χ4v) is 2.25. The van der Waals surface area contributed by atoms with Crippen LogP contribution < -0.4 is 10.6 Å². The third-order valence-electron chi connectivity index (χ3n) is 3.26. The van der Waals surface area contributed by atoms with E-state index in [1.165, 1.54) is 45.2 Å². The average Bonchev–Trinajstić information content (AvgIpc) is 2.18. The molecule has 90 valence electrons. The van der Waals surface area contributed by atoms with Crippen LogP contribution >= 0.6 is 0 Å². The van der Waals surface area contributed by atoms with E-state index in [0.29, 0.717) is 6.04 Å². The summed E-state index contributed by atoms with van der Waals surface area (Å²) in [6, 6.07) is 1.43. The topological polar surface area (TPSA) is 24.1 Å². The Morgan fingerprint density at radius 1 is 1.27 bits per heavy atom. The summed E-state index contributed by atoms with van der Waals surface area (Å²) in [7, 11) is 0. The van der Waals surface area contributed by atoms with Gasteiger partial charge in [-0.3, -0.25) is 0 Å². The van der Waals surface area contributed by atoms with Crippen molar-refractivity contribution in [2.24, 2.45) is 5.92 Å². The molecular formula is C13H28N2. The van der Waals surface area contributed by atoms with E-state index in [0.717, 1.165) is 12.0 Å². The molecule has 0 amide bonds. The van der Waals surface area contributed by atoms with E-state index in [-0.39, 0.29) is 0 Å². The van der Waals surface area contributed by atoms with Gasteiger partial charge in [0.1, 0.15) is 0 Å². The Hall–Kier alpha value is -0.0800. The van der Waals surface area contributed by atoms with Gasteiger partial charge in [-0.15, -0.1) is 0 Å². The van der Waals surface area contributed by atoms with Gasteiger partial charge in [0.05, 0.1) is 0 Å². The lowest BCUT2D eigenvalue weighted by atomic mass is 9.98. The van der Waals surface area contributed by atoms with Crippen LogP contribution in [-0.4, -0.2) is 25.2 Å². The molecule has 0 saturated carbocycles. The first-order valence-electron chi connectivity index (χ1n) is 6.65. The molecule has 0 aliphatic carbocycles. The van der Waals surface area contributed by atoms with Gasteiger partial charge in [0.2, 0.25) is 0 Å².